The molecule has 108 valence electrons. The van der Waals surface area contributed by atoms with Gasteiger partial charge in [-0.05, 0) is 31.5 Å². The molecule has 0 aliphatic heterocycles. The molecule has 0 aromatic carbocycles. The number of rotatable bonds is 7. The molecule has 0 spiro atoms. The first kappa shape index (κ1) is 14.8. The van der Waals surface area contributed by atoms with Crippen LogP contribution in [0, 0.1) is 6.92 Å². The summed E-state index contributed by atoms with van der Waals surface area (Å²) >= 11 is 1.55. The fraction of sp³-hybridized carbons (Fsp3) is 0.500. The smallest absolute Gasteiger partial charge is 0.171 e. The van der Waals surface area contributed by atoms with E-state index in [9.17, 15) is 0 Å². The van der Waals surface area contributed by atoms with E-state index >= 15 is 0 Å². The molecule has 0 radical (unpaired) electrons. The summed E-state index contributed by atoms with van der Waals surface area (Å²) < 4.78 is 0. The van der Waals surface area contributed by atoms with Crippen LogP contribution >= 0.6 is 11.8 Å². The molecule has 0 bridgehead atoms. The minimum absolute atomic E-state index is 0.857. The third kappa shape index (κ3) is 3.72. The molecule has 6 heteroatoms. The fourth-order valence-corrected chi connectivity index (χ4v) is 2.61. The van der Waals surface area contributed by atoms with Crippen LogP contribution in [0.3, 0.4) is 0 Å². The topological polar surface area (TPSA) is 66.5 Å². The summed E-state index contributed by atoms with van der Waals surface area (Å²) in [5.74, 6) is 1.84. The van der Waals surface area contributed by atoms with Crippen molar-refractivity contribution in [2.75, 3.05) is 11.9 Å². The van der Waals surface area contributed by atoms with Crippen molar-refractivity contribution in [1.82, 2.24) is 19.9 Å². The van der Waals surface area contributed by atoms with Crippen molar-refractivity contribution in [3.8, 4) is 0 Å². The second kappa shape index (κ2) is 7.28. The summed E-state index contributed by atoms with van der Waals surface area (Å²) in [6.45, 7) is 7.27. The molecule has 2 heterocycles. The minimum atomic E-state index is 0.857. The van der Waals surface area contributed by atoms with Crippen molar-refractivity contribution < 1.29 is 0 Å². The van der Waals surface area contributed by atoms with Gasteiger partial charge in [-0.15, -0.1) is 0 Å². The number of aromatic amines is 1. The lowest BCUT2D eigenvalue weighted by molar-refractivity contribution is 0.798. The van der Waals surface area contributed by atoms with Crippen molar-refractivity contribution in [3.05, 3.63) is 23.8 Å². The molecule has 5 nitrogen and oxygen atoms in total. The highest BCUT2D eigenvalue weighted by Gasteiger charge is 2.12. The predicted molar refractivity (Wildman–Crippen MR) is 82.3 cm³/mol. The van der Waals surface area contributed by atoms with Crippen LogP contribution < -0.4 is 5.32 Å². The Morgan fingerprint density at radius 1 is 1.25 bits per heavy atom. The van der Waals surface area contributed by atoms with Gasteiger partial charge in [-0.1, -0.05) is 13.8 Å². The number of aryl methyl sites for hydroxylation is 1. The first-order chi connectivity index (χ1) is 9.74. The summed E-state index contributed by atoms with van der Waals surface area (Å²) in [5.41, 5.74) is 1.08. The number of aromatic nitrogens is 4. The van der Waals surface area contributed by atoms with Gasteiger partial charge in [0.1, 0.15) is 16.7 Å². The molecule has 2 rings (SSSR count). The Hall–Kier alpha value is -1.56. The Morgan fingerprint density at radius 2 is 2.10 bits per heavy atom. The van der Waals surface area contributed by atoms with Crippen LogP contribution in [0.25, 0.3) is 0 Å². The van der Waals surface area contributed by atoms with Crippen molar-refractivity contribution in [1.29, 1.82) is 0 Å². The zero-order valence-corrected chi connectivity index (χ0v) is 13.0. The van der Waals surface area contributed by atoms with Crippen molar-refractivity contribution in [2.45, 2.75) is 50.2 Å². The first-order valence-corrected chi connectivity index (χ1v) is 7.84. The van der Waals surface area contributed by atoms with E-state index in [1.54, 1.807) is 18.0 Å². The van der Waals surface area contributed by atoms with E-state index in [0.717, 1.165) is 53.2 Å². The lowest BCUT2D eigenvalue weighted by atomic mass is 10.3. The van der Waals surface area contributed by atoms with Gasteiger partial charge in [-0.3, -0.25) is 0 Å². The fourth-order valence-electron chi connectivity index (χ4n) is 1.79. The van der Waals surface area contributed by atoms with E-state index in [1.807, 2.05) is 6.20 Å². The molecule has 2 aromatic rings. The van der Waals surface area contributed by atoms with E-state index in [-0.39, 0.29) is 0 Å². The highest BCUT2D eigenvalue weighted by Crippen LogP contribution is 2.29. The van der Waals surface area contributed by atoms with Crippen molar-refractivity contribution >= 4 is 17.6 Å². The van der Waals surface area contributed by atoms with Crippen LogP contribution in [0.2, 0.25) is 0 Å². The lowest BCUT2D eigenvalue weighted by Gasteiger charge is -2.12. The highest BCUT2D eigenvalue weighted by atomic mass is 32.2. The zero-order valence-electron chi connectivity index (χ0n) is 12.2. The van der Waals surface area contributed by atoms with Gasteiger partial charge in [0, 0.05) is 30.9 Å². The van der Waals surface area contributed by atoms with Crippen molar-refractivity contribution in [3.63, 3.8) is 0 Å². The summed E-state index contributed by atoms with van der Waals surface area (Å²) in [4.78, 5) is 16.6. The Morgan fingerprint density at radius 3 is 2.75 bits per heavy atom. The average molecular weight is 291 g/mol. The molecule has 0 aliphatic carbocycles. The van der Waals surface area contributed by atoms with Crippen LogP contribution in [-0.2, 0) is 6.42 Å². The molecular weight excluding hydrogens is 270 g/mol. The Kier molecular flexibility index (Phi) is 5.40. The third-order valence-corrected chi connectivity index (χ3v) is 3.84. The molecule has 0 saturated heterocycles. The number of H-pyrrole nitrogens is 1. The Balaban J connectivity index is 2.29. The molecule has 0 atom stereocenters. The molecule has 20 heavy (non-hydrogen) atoms. The molecule has 0 unspecified atom stereocenters. The number of hydrogen-bond donors (Lipinski definition) is 2. The lowest BCUT2D eigenvalue weighted by Crippen LogP contribution is -2.08. The van der Waals surface area contributed by atoms with E-state index in [2.05, 4.69) is 46.0 Å². The second-order valence-electron chi connectivity index (χ2n) is 4.59. The normalized spacial score (nSPS) is 10.8. The third-order valence-electron chi connectivity index (χ3n) is 2.83. The molecular formula is C14H21N5S. The number of nitrogens with zero attached hydrogens (tertiary/aromatic N) is 3. The minimum Gasteiger partial charge on any atom is -0.370 e. The maximum atomic E-state index is 4.66. The number of nitrogens with one attached hydrogen (secondary N) is 2. The summed E-state index contributed by atoms with van der Waals surface area (Å²) in [6, 6.07) is 0. The highest BCUT2D eigenvalue weighted by molar-refractivity contribution is 7.99. The van der Waals surface area contributed by atoms with Gasteiger partial charge >= 0.3 is 0 Å². The summed E-state index contributed by atoms with van der Waals surface area (Å²) in [7, 11) is 0. The zero-order chi connectivity index (χ0) is 14.4. The Bertz CT molecular complexity index is 539. The van der Waals surface area contributed by atoms with Crippen LogP contribution in [-0.4, -0.2) is 26.5 Å². The summed E-state index contributed by atoms with van der Waals surface area (Å²) in [5, 5.41) is 5.21. The predicted octanol–water partition coefficient (Wildman–Crippen LogP) is 3.43. The maximum Gasteiger partial charge on any atom is 0.171 e. The van der Waals surface area contributed by atoms with Gasteiger partial charge in [-0.2, -0.15) is 0 Å². The number of hydrogen-bond acceptors (Lipinski definition) is 5. The average Bonchev–Trinajstić information content (AvgIpc) is 2.94. The van der Waals surface area contributed by atoms with Gasteiger partial charge in [0.25, 0.3) is 0 Å². The molecule has 0 saturated carbocycles. The number of anilines is 1. The standard InChI is InChI=1S/C14H21N5S/c1-4-6-11-18-12(15-7-5-2)10(3)13(19-11)20-14-16-8-9-17-14/h8-9H,4-7H2,1-3H3,(H,16,17)(H,15,18,19). The molecule has 2 aromatic heterocycles. The maximum absolute atomic E-state index is 4.66. The van der Waals surface area contributed by atoms with E-state index in [1.165, 1.54) is 0 Å². The van der Waals surface area contributed by atoms with E-state index in [0.29, 0.717) is 0 Å². The largest absolute Gasteiger partial charge is 0.370 e. The van der Waals surface area contributed by atoms with Crippen LogP contribution in [0.5, 0.6) is 0 Å². The quantitative estimate of drug-likeness (QED) is 0.765. The SMILES string of the molecule is CCCNc1nc(CCC)nc(Sc2ncc[nH]2)c1C. The summed E-state index contributed by atoms with van der Waals surface area (Å²) in [6.07, 6.45) is 6.59. The Labute approximate surface area is 124 Å². The van der Waals surface area contributed by atoms with Gasteiger partial charge < -0.3 is 10.3 Å². The van der Waals surface area contributed by atoms with Gasteiger partial charge in [0.05, 0.1) is 0 Å². The number of imidazole rings is 1. The van der Waals surface area contributed by atoms with E-state index < -0.39 is 0 Å². The van der Waals surface area contributed by atoms with Crippen LogP contribution in [0.4, 0.5) is 5.82 Å². The molecule has 2 N–H and O–H groups in total. The van der Waals surface area contributed by atoms with E-state index in [4.69, 9.17) is 0 Å². The first-order valence-electron chi connectivity index (χ1n) is 7.03. The van der Waals surface area contributed by atoms with Crippen LogP contribution in [0.1, 0.15) is 38.1 Å². The van der Waals surface area contributed by atoms with Gasteiger partial charge in [0.15, 0.2) is 5.16 Å². The monoisotopic (exact) mass is 291 g/mol. The second-order valence-corrected chi connectivity index (χ2v) is 5.57. The van der Waals surface area contributed by atoms with Crippen LogP contribution in [0.15, 0.2) is 22.6 Å². The van der Waals surface area contributed by atoms with Gasteiger partial charge in [-0.25, -0.2) is 15.0 Å². The molecule has 0 amide bonds. The molecule has 0 aliphatic rings. The van der Waals surface area contributed by atoms with Gasteiger partial charge in [0.2, 0.25) is 0 Å². The molecule has 0 fully saturated rings. The van der Waals surface area contributed by atoms with Crippen molar-refractivity contribution in [2.24, 2.45) is 0 Å².